The van der Waals surface area contributed by atoms with Crippen molar-refractivity contribution in [3.63, 3.8) is 0 Å². The van der Waals surface area contributed by atoms with Gasteiger partial charge in [-0.15, -0.1) is 0 Å². The average molecular weight is 408 g/mol. The third-order valence-corrected chi connectivity index (χ3v) is 4.74. The first-order valence-electron chi connectivity index (χ1n) is 8.93. The van der Waals surface area contributed by atoms with Gasteiger partial charge in [-0.05, 0) is 24.3 Å². The van der Waals surface area contributed by atoms with Gasteiger partial charge in [-0.25, -0.2) is 18.7 Å². The zero-order chi connectivity index (χ0) is 21.4. The molecule has 152 valence electrons. The Balaban J connectivity index is 2.08. The van der Waals surface area contributed by atoms with E-state index in [1.165, 1.54) is 37.2 Å². The van der Waals surface area contributed by atoms with E-state index in [1.807, 2.05) is 0 Å². The Labute approximate surface area is 170 Å². The molecule has 2 heterocycles. The molecule has 0 fully saturated rings. The highest BCUT2D eigenvalue weighted by atomic mass is 19.1. The number of esters is 2. The molecule has 0 aliphatic rings. The van der Waals surface area contributed by atoms with Gasteiger partial charge in [0.15, 0.2) is 5.69 Å². The minimum atomic E-state index is -0.836. The van der Waals surface area contributed by atoms with Crippen LogP contribution in [0.25, 0.3) is 27.8 Å². The molecule has 2 aromatic heterocycles. The minimum Gasteiger partial charge on any atom is -0.465 e. The molecule has 0 aliphatic carbocycles. The molecule has 0 unspecified atom stereocenters. The average Bonchev–Trinajstić information content (AvgIpc) is 3.33. The molecular formula is C21H17FN4O4. The van der Waals surface area contributed by atoms with Crippen molar-refractivity contribution in [2.45, 2.75) is 0 Å². The maximum absolute atomic E-state index is 15.0. The Bertz CT molecular complexity index is 1280. The number of ether oxygens (including phenoxy) is 2. The van der Waals surface area contributed by atoms with Crippen molar-refractivity contribution in [3.05, 3.63) is 65.7 Å². The second-order valence-corrected chi connectivity index (χ2v) is 6.46. The number of halogens is 1. The van der Waals surface area contributed by atoms with Gasteiger partial charge in [0.25, 0.3) is 0 Å². The van der Waals surface area contributed by atoms with Crippen LogP contribution in [0.5, 0.6) is 0 Å². The number of hydrogen-bond acceptors (Lipinski definition) is 6. The number of methoxy groups -OCH3 is 2. The zero-order valence-corrected chi connectivity index (χ0v) is 16.4. The third kappa shape index (κ3) is 3.00. The normalized spacial score (nSPS) is 10.9. The third-order valence-electron chi connectivity index (χ3n) is 4.74. The van der Waals surface area contributed by atoms with Gasteiger partial charge in [-0.2, -0.15) is 10.2 Å². The second-order valence-electron chi connectivity index (χ2n) is 6.46. The number of para-hydroxylation sites is 1. The van der Waals surface area contributed by atoms with E-state index < -0.39 is 17.8 Å². The largest absolute Gasteiger partial charge is 0.465 e. The Morgan fingerprint density at radius 1 is 1.03 bits per heavy atom. The van der Waals surface area contributed by atoms with E-state index in [2.05, 4.69) is 10.2 Å². The Kier molecular flexibility index (Phi) is 4.78. The first kappa shape index (κ1) is 19.3. The summed E-state index contributed by atoms with van der Waals surface area (Å²) in [7, 11) is 4.08. The Hall–Kier alpha value is -4.01. The lowest BCUT2D eigenvalue weighted by atomic mass is 10.0. The molecule has 9 heteroatoms. The Morgan fingerprint density at radius 2 is 1.73 bits per heavy atom. The maximum Gasteiger partial charge on any atom is 0.357 e. The summed E-state index contributed by atoms with van der Waals surface area (Å²) < 4.78 is 27.6. The highest BCUT2D eigenvalue weighted by Gasteiger charge is 2.32. The number of aromatic nitrogens is 4. The monoisotopic (exact) mass is 408 g/mol. The van der Waals surface area contributed by atoms with Gasteiger partial charge in [0.1, 0.15) is 17.1 Å². The molecule has 4 rings (SSSR count). The van der Waals surface area contributed by atoms with Crippen molar-refractivity contribution in [1.82, 2.24) is 19.6 Å². The summed E-state index contributed by atoms with van der Waals surface area (Å²) in [5.41, 5.74) is 0.786. The zero-order valence-electron chi connectivity index (χ0n) is 16.4. The van der Waals surface area contributed by atoms with Crippen LogP contribution in [0.4, 0.5) is 4.39 Å². The first-order chi connectivity index (χ1) is 14.5. The highest BCUT2D eigenvalue weighted by molar-refractivity contribution is 6.07. The number of fused-ring (bicyclic) bond motifs is 1. The summed E-state index contributed by atoms with van der Waals surface area (Å²) in [4.78, 5) is 25.3. The molecule has 0 radical (unpaired) electrons. The van der Waals surface area contributed by atoms with E-state index in [1.54, 1.807) is 42.1 Å². The molecule has 0 saturated carbocycles. The van der Waals surface area contributed by atoms with Crippen LogP contribution in [0.2, 0.25) is 0 Å². The van der Waals surface area contributed by atoms with Gasteiger partial charge in [-0.3, -0.25) is 4.68 Å². The molecule has 8 nitrogen and oxygen atoms in total. The fraction of sp³-hybridized carbons (Fsp3) is 0.143. The van der Waals surface area contributed by atoms with Gasteiger partial charge in [0.2, 0.25) is 0 Å². The van der Waals surface area contributed by atoms with Gasteiger partial charge in [0, 0.05) is 18.0 Å². The van der Waals surface area contributed by atoms with E-state index in [9.17, 15) is 9.59 Å². The molecule has 0 bridgehead atoms. The highest BCUT2D eigenvalue weighted by Crippen LogP contribution is 2.33. The van der Waals surface area contributed by atoms with Crippen molar-refractivity contribution >= 4 is 22.8 Å². The Morgan fingerprint density at radius 3 is 2.40 bits per heavy atom. The molecule has 0 aliphatic heterocycles. The lowest BCUT2D eigenvalue weighted by molar-refractivity contribution is 0.0549. The lowest BCUT2D eigenvalue weighted by Crippen LogP contribution is -2.15. The van der Waals surface area contributed by atoms with Crippen LogP contribution in [-0.4, -0.2) is 45.7 Å². The molecule has 0 amide bonds. The summed E-state index contributed by atoms with van der Waals surface area (Å²) in [5, 5.41) is 9.12. The van der Waals surface area contributed by atoms with E-state index in [0.717, 1.165) is 0 Å². The number of carbonyl (C=O) groups is 2. The van der Waals surface area contributed by atoms with Crippen molar-refractivity contribution in [2.24, 2.45) is 7.05 Å². The first-order valence-corrected chi connectivity index (χ1v) is 8.93. The van der Waals surface area contributed by atoms with Crippen LogP contribution >= 0.6 is 0 Å². The van der Waals surface area contributed by atoms with Crippen molar-refractivity contribution in [1.29, 1.82) is 0 Å². The molecule has 0 atom stereocenters. The number of aryl methyl sites for hydroxylation is 1. The van der Waals surface area contributed by atoms with E-state index in [0.29, 0.717) is 16.6 Å². The molecule has 2 aromatic carbocycles. The van der Waals surface area contributed by atoms with Crippen LogP contribution in [0.1, 0.15) is 20.8 Å². The topological polar surface area (TPSA) is 88.2 Å². The summed E-state index contributed by atoms with van der Waals surface area (Å²) in [6.07, 6.45) is 1.53. The van der Waals surface area contributed by atoms with Crippen molar-refractivity contribution in [3.8, 4) is 16.9 Å². The standard InChI is InChI=1S/C21H17FN4O4/c1-25-16-10-14(15(22)9-12(16)11-23-25)18-17(20(27)29-2)19(21(28)30-3)26(24-18)13-7-5-4-6-8-13/h4-11H,1-3H3. The molecule has 30 heavy (non-hydrogen) atoms. The fourth-order valence-electron chi connectivity index (χ4n) is 3.30. The minimum absolute atomic E-state index is 0.0336. The van der Waals surface area contributed by atoms with E-state index in [-0.39, 0.29) is 22.5 Å². The fourth-order valence-corrected chi connectivity index (χ4v) is 3.30. The van der Waals surface area contributed by atoms with E-state index in [4.69, 9.17) is 9.47 Å². The smallest absolute Gasteiger partial charge is 0.357 e. The predicted molar refractivity (Wildman–Crippen MR) is 106 cm³/mol. The quantitative estimate of drug-likeness (QED) is 0.482. The SMILES string of the molecule is COC(=O)c1c(-c2cc3c(cnn3C)cc2F)nn(-c2ccccc2)c1C(=O)OC. The molecule has 0 N–H and O–H groups in total. The predicted octanol–water partition coefficient (Wildman–Crippen LogP) is 3.14. The lowest BCUT2D eigenvalue weighted by Gasteiger charge is -2.07. The van der Waals surface area contributed by atoms with Gasteiger partial charge < -0.3 is 9.47 Å². The summed E-state index contributed by atoms with van der Waals surface area (Å²) in [5.74, 6) is -2.26. The number of carbonyl (C=O) groups excluding carboxylic acids is 2. The molecule has 0 spiro atoms. The summed E-state index contributed by atoms with van der Waals surface area (Å²) in [6.45, 7) is 0. The van der Waals surface area contributed by atoms with Crippen molar-refractivity contribution < 1.29 is 23.5 Å². The van der Waals surface area contributed by atoms with Crippen LogP contribution in [0.3, 0.4) is 0 Å². The maximum atomic E-state index is 15.0. The van der Waals surface area contributed by atoms with Crippen LogP contribution in [-0.2, 0) is 16.5 Å². The summed E-state index contributed by atoms with van der Waals surface area (Å²) in [6, 6.07) is 11.5. The van der Waals surface area contributed by atoms with Gasteiger partial charge >= 0.3 is 11.9 Å². The van der Waals surface area contributed by atoms with Crippen molar-refractivity contribution in [2.75, 3.05) is 14.2 Å². The van der Waals surface area contributed by atoms with E-state index >= 15 is 4.39 Å². The van der Waals surface area contributed by atoms with Crippen LogP contribution < -0.4 is 0 Å². The number of nitrogens with zero attached hydrogens (tertiary/aromatic N) is 4. The number of hydrogen-bond donors (Lipinski definition) is 0. The summed E-state index contributed by atoms with van der Waals surface area (Å²) >= 11 is 0. The van der Waals surface area contributed by atoms with Crippen LogP contribution in [0.15, 0.2) is 48.7 Å². The number of rotatable bonds is 4. The molecular weight excluding hydrogens is 391 g/mol. The van der Waals surface area contributed by atoms with Gasteiger partial charge in [0.05, 0.1) is 31.6 Å². The van der Waals surface area contributed by atoms with Crippen LogP contribution in [0, 0.1) is 5.82 Å². The molecule has 0 saturated heterocycles. The van der Waals surface area contributed by atoms with Gasteiger partial charge in [-0.1, -0.05) is 18.2 Å². The second kappa shape index (κ2) is 7.43. The number of benzene rings is 2. The molecule has 4 aromatic rings.